The molecule has 1 N–H and O–H groups in total. The van der Waals surface area contributed by atoms with Crippen molar-refractivity contribution < 1.29 is 9.42 Å². The first-order valence-corrected chi connectivity index (χ1v) is 4.96. The van der Waals surface area contributed by atoms with Crippen molar-refractivity contribution in [3.63, 3.8) is 0 Å². The van der Waals surface area contributed by atoms with E-state index in [0.29, 0.717) is 17.9 Å². The van der Waals surface area contributed by atoms with Gasteiger partial charge in [0.1, 0.15) is 11.4 Å². The monoisotopic (exact) mass is 224 g/mol. The van der Waals surface area contributed by atoms with E-state index in [2.05, 4.69) is 20.3 Å². The molecule has 0 aliphatic rings. The van der Waals surface area contributed by atoms with Gasteiger partial charge in [0.25, 0.3) is 0 Å². The molecule has 0 bridgehead atoms. The standard InChI is InChI=1S/C10H16N4O2/c1-8-9(13-16-12-8)7-11-10(15)5-4-6-14(2)3/h4-5H,6-7H2,1-3H3,(H,11,15)/b5-4+. The zero-order chi connectivity index (χ0) is 12.0. The highest BCUT2D eigenvalue weighted by Crippen LogP contribution is 1.98. The van der Waals surface area contributed by atoms with Gasteiger partial charge in [-0.2, -0.15) is 0 Å². The number of nitrogens with zero attached hydrogens (tertiary/aromatic N) is 3. The normalized spacial score (nSPS) is 11.2. The zero-order valence-corrected chi connectivity index (χ0v) is 9.73. The van der Waals surface area contributed by atoms with Gasteiger partial charge in [-0.3, -0.25) is 4.79 Å². The van der Waals surface area contributed by atoms with Crippen LogP contribution in [0.1, 0.15) is 11.4 Å². The molecule has 16 heavy (non-hydrogen) atoms. The Hall–Kier alpha value is -1.69. The number of rotatable bonds is 5. The molecule has 0 fully saturated rings. The molecule has 0 aliphatic carbocycles. The summed E-state index contributed by atoms with van der Waals surface area (Å²) in [5.74, 6) is -0.149. The Morgan fingerprint density at radius 2 is 2.25 bits per heavy atom. The first kappa shape index (κ1) is 12.4. The molecular weight excluding hydrogens is 208 g/mol. The van der Waals surface area contributed by atoms with Crippen LogP contribution in [0.4, 0.5) is 0 Å². The van der Waals surface area contributed by atoms with Crippen LogP contribution in [-0.4, -0.2) is 41.8 Å². The summed E-state index contributed by atoms with van der Waals surface area (Å²) in [6, 6.07) is 0. The molecule has 1 rings (SSSR count). The lowest BCUT2D eigenvalue weighted by Crippen LogP contribution is -2.21. The molecule has 1 aromatic rings. The number of hydrogen-bond acceptors (Lipinski definition) is 5. The molecule has 0 aromatic carbocycles. The van der Waals surface area contributed by atoms with E-state index in [1.807, 2.05) is 19.0 Å². The van der Waals surface area contributed by atoms with Gasteiger partial charge < -0.3 is 10.2 Å². The Kier molecular flexibility index (Phi) is 4.65. The number of nitrogens with one attached hydrogen (secondary N) is 1. The second-order valence-corrected chi connectivity index (χ2v) is 3.68. The minimum atomic E-state index is -0.149. The molecule has 0 saturated heterocycles. The number of likely N-dealkylation sites (N-methyl/N-ethyl adjacent to an activating group) is 1. The minimum absolute atomic E-state index is 0.149. The first-order valence-electron chi connectivity index (χ1n) is 4.96. The number of aromatic nitrogens is 2. The van der Waals surface area contributed by atoms with Crippen LogP contribution < -0.4 is 5.32 Å². The first-order chi connectivity index (χ1) is 7.59. The van der Waals surface area contributed by atoms with Gasteiger partial charge in [-0.15, -0.1) is 0 Å². The molecular formula is C10H16N4O2. The third kappa shape index (κ3) is 4.22. The van der Waals surface area contributed by atoms with Crippen LogP contribution in [0.5, 0.6) is 0 Å². The van der Waals surface area contributed by atoms with Gasteiger partial charge in [-0.25, -0.2) is 4.63 Å². The fourth-order valence-electron chi connectivity index (χ4n) is 1.01. The fraction of sp³-hybridized carbons (Fsp3) is 0.500. The lowest BCUT2D eigenvalue weighted by atomic mass is 10.3. The summed E-state index contributed by atoms with van der Waals surface area (Å²) in [6.45, 7) is 2.85. The average Bonchev–Trinajstić information content (AvgIpc) is 2.60. The van der Waals surface area contributed by atoms with Gasteiger partial charge in [0.15, 0.2) is 0 Å². The molecule has 6 heteroatoms. The Morgan fingerprint density at radius 1 is 1.50 bits per heavy atom. The van der Waals surface area contributed by atoms with Crippen molar-refractivity contribution in [1.29, 1.82) is 0 Å². The van der Waals surface area contributed by atoms with Gasteiger partial charge in [-0.1, -0.05) is 16.4 Å². The minimum Gasteiger partial charge on any atom is -0.347 e. The van der Waals surface area contributed by atoms with Crippen LogP contribution in [0.3, 0.4) is 0 Å². The van der Waals surface area contributed by atoms with Crippen molar-refractivity contribution >= 4 is 5.91 Å². The second-order valence-electron chi connectivity index (χ2n) is 3.68. The summed E-state index contributed by atoms with van der Waals surface area (Å²) in [5.41, 5.74) is 1.34. The van der Waals surface area contributed by atoms with Gasteiger partial charge in [0.05, 0.1) is 6.54 Å². The van der Waals surface area contributed by atoms with E-state index >= 15 is 0 Å². The summed E-state index contributed by atoms with van der Waals surface area (Å²) in [6.07, 6.45) is 3.30. The summed E-state index contributed by atoms with van der Waals surface area (Å²) in [5, 5.41) is 9.97. The maximum Gasteiger partial charge on any atom is 0.244 e. The molecule has 0 saturated carbocycles. The van der Waals surface area contributed by atoms with Gasteiger partial charge in [0, 0.05) is 12.6 Å². The van der Waals surface area contributed by atoms with Gasteiger partial charge in [-0.05, 0) is 21.0 Å². The molecule has 1 heterocycles. The molecule has 0 atom stereocenters. The number of hydrogen-bond donors (Lipinski definition) is 1. The van der Waals surface area contributed by atoms with Crippen LogP contribution in [0, 0.1) is 6.92 Å². The second kappa shape index (κ2) is 6.02. The van der Waals surface area contributed by atoms with Crippen molar-refractivity contribution in [2.24, 2.45) is 0 Å². The van der Waals surface area contributed by atoms with Crippen LogP contribution in [-0.2, 0) is 11.3 Å². The SMILES string of the molecule is Cc1nonc1CNC(=O)/C=C/CN(C)C. The summed E-state index contributed by atoms with van der Waals surface area (Å²) in [7, 11) is 3.87. The van der Waals surface area contributed by atoms with Crippen molar-refractivity contribution in [3.05, 3.63) is 23.5 Å². The van der Waals surface area contributed by atoms with E-state index < -0.39 is 0 Å². The Bertz CT molecular complexity index is 371. The average molecular weight is 224 g/mol. The molecule has 1 aromatic heterocycles. The predicted molar refractivity (Wildman–Crippen MR) is 58.6 cm³/mol. The summed E-state index contributed by atoms with van der Waals surface area (Å²) >= 11 is 0. The largest absolute Gasteiger partial charge is 0.347 e. The number of amides is 1. The smallest absolute Gasteiger partial charge is 0.244 e. The predicted octanol–water partition coefficient (Wildman–Crippen LogP) is 0.112. The molecule has 0 spiro atoms. The highest BCUT2D eigenvalue weighted by molar-refractivity contribution is 5.87. The summed E-state index contributed by atoms with van der Waals surface area (Å²) in [4.78, 5) is 13.3. The van der Waals surface area contributed by atoms with Crippen molar-refractivity contribution in [1.82, 2.24) is 20.5 Å². The quantitative estimate of drug-likeness (QED) is 0.719. The van der Waals surface area contributed by atoms with Crippen LogP contribution >= 0.6 is 0 Å². The van der Waals surface area contributed by atoms with Crippen LogP contribution in [0.15, 0.2) is 16.8 Å². The maximum absolute atomic E-state index is 11.3. The topological polar surface area (TPSA) is 71.3 Å². The highest BCUT2D eigenvalue weighted by atomic mass is 16.6. The zero-order valence-electron chi connectivity index (χ0n) is 9.73. The molecule has 6 nitrogen and oxygen atoms in total. The Balaban J connectivity index is 2.31. The third-order valence-corrected chi connectivity index (χ3v) is 1.92. The third-order valence-electron chi connectivity index (χ3n) is 1.92. The van der Waals surface area contributed by atoms with Crippen LogP contribution in [0.25, 0.3) is 0 Å². The van der Waals surface area contributed by atoms with E-state index in [-0.39, 0.29) is 5.91 Å². The lowest BCUT2D eigenvalue weighted by molar-refractivity contribution is -0.116. The number of aryl methyl sites for hydroxylation is 1. The van der Waals surface area contributed by atoms with Gasteiger partial charge >= 0.3 is 0 Å². The molecule has 0 radical (unpaired) electrons. The maximum atomic E-state index is 11.3. The molecule has 1 amide bonds. The van der Waals surface area contributed by atoms with Crippen molar-refractivity contribution in [2.75, 3.05) is 20.6 Å². The van der Waals surface area contributed by atoms with E-state index in [0.717, 1.165) is 6.54 Å². The van der Waals surface area contributed by atoms with Crippen molar-refractivity contribution in [2.45, 2.75) is 13.5 Å². The molecule has 0 unspecified atom stereocenters. The molecule has 0 aliphatic heterocycles. The highest BCUT2D eigenvalue weighted by Gasteiger charge is 2.05. The van der Waals surface area contributed by atoms with E-state index in [1.54, 1.807) is 13.0 Å². The van der Waals surface area contributed by atoms with Crippen molar-refractivity contribution in [3.8, 4) is 0 Å². The van der Waals surface area contributed by atoms with E-state index in [4.69, 9.17) is 0 Å². The fourth-order valence-corrected chi connectivity index (χ4v) is 1.01. The number of carbonyl (C=O) groups excluding carboxylic acids is 1. The molecule has 88 valence electrons. The number of carbonyl (C=O) groups is 1. The Morgan fingerprint density at radius 3 is 2.81 bits per heavy atom. The summed E-state index contributed by atoms with van der Waals surface area (Å²) < 4.78 is 4.51. The van der Waals surface area contributed by atoms with Crippen LogP contribution in [0.2, 0.25) is 0 Å². The van der Waals surface area contributed by atoms with E-state index in [9.17, 15) is 4.79 Å². The lowest BCUT2D eigenvalue weighted by Gasteiger charge is -2.03. The Labute approximate surface area is 94.3 Å². The van der Waals surface area contributed by atoms with E-state index in [1.165, 1.54) is 6.08 Å². The van der Waals surface area contributed by atoms with Gasteiger partial charge in [0.2, 0.25) is 5.91 Å².